The number of benzene rings is 7. The summed E-state index contributed by atoms with van der Waals surface area (Å²) in [5.74, 6) is 0. The maximum atomic E-state index is 9.73. The molecule has 4 heteroatoms. The van der Waals surface area contributed by atoms with Crippen molar-refractivity contribution in [1.82, 2.24) is 9.13 Å². The average molecular weight is 611 g/mol. The molecule has 9 rings (SSSR count). The van der Waals surface area contributed by atoms with Crippen LogP contribution in [-0.2, 0) is 0 Å². The van der Waals surface area contributed by atoms with Gasteiger partial charge in [0.1, 0.15) is 12.1 Å². The van der Waals surface area contributed by atoms with E-state index in [1.54, 1.807) is 12.1 Å². The Hall–Kier alpha value is -6.88. The Labute approximate surface area is 277 Å². The van der Waals surface area contributed by atoms with Gasteiger partial charge in [-0.1, -0.05) is 97.1 Å². The second-order valence-corrected chi connectivity index (χ2v) is 12.0. The summed E-state index contributed by atoms with van der Waals surface area (Å²) >= 11 is 0. The summed E-state index contributed by atoms with van der Waals surface area (Å²) in [4.78, 5) is 0. The van der Waals surface area contributed by atoms with E-state index in [-0.39, 0.29) is 0 Å². The SMILES string of the molecule is N#Cc1ccc(-n2c3ccccc3c3ccc(-c4ccc(-c5ccc6c(c5)c5ccccc5n6-c5ccccc5)cc4)cc32)cc1C#N. The van der Waals surface area contributed by atoms with Gasteiger partial charge in [-0.3, -0.25) is 0 Å². The highest BCUT2D eigenvalue weighted by atomic mass is 15.0. The van der Waals surface area contributed by atoms with Crippen LogP contribution in [0.25, 0.3) is 77.2 Å². The van der Waals surface area contributed by atoms with Crippen molar-refractivity contribution in [3.8, 4) is 45.8 Å². The van der Waals surface area contributed by atoms with Gasteiger partial charge in [0.15, 0.2) is 0 Å². The molecule has 0 saturated carbocycles. The van der Waals surface area contributed by atoms with Crippen LogP contribution in [0, 0.1) is 22.7 Å². The van der Waals surface area contributed by atoms with Crippen molar-refractivity contribution in [1.29, 1.82) is 10.5 Å². The van der Waals surface area contributed by atoms with Gasteiger partial charge in [0, 0.05) is 32.9 Å². The molecule has 0 atom stereocenters. The summed E-state index contributed by atoms with van der Waals surface area (Å²) in [5, 5.41) is 24.0. The molecule has 0 N–H and O–H groups in total. The standard InChI is InChI=1S/C44H26N4/c45-27-33-18-21-36(24-34(33)28-46)48-41-12-6-4-10-37(41)39-22-19-32(26-44(39)48)30-16-14-29(15-17-30)31-20-23-43-40(25-31)38-11-5-7-13-42(38)47(43)35-8-2-1-3-9-35/h1-26H. The van der Waals surface area contributed by atoms with Crippen molar-refractivity contribution in [2.75, 3.05) is 0 Å². The summed E-state index contributed by atoms with van der Waals surface area (Å²) in [6.45, 7) is 0. The Morgan fingerprint density at radius 1 is 0.333 bits per heavy atom. The average Bonchev–Trinajstić information content (AvgIpc) is 3.67. The third-order valence-electron chi connectivity index (χ3n) is 9.41. The van der Waals surface area contributed by atoms with Gasteiger partial charge in [0.05, 0.1) is 33.2 Å². The molecule has 0 unspecified atom stereocenters. The van der Waals surface area contributed by atoms with Crippen molar-refractivity contribution in [3.05, 3.63) is 169 Å². The summed E-state index contributed by atoms with van der Waals surface area (Å²) in [6, 6.07) is 59.4. The van der Waals surface area contributed by atoms with Crippen LogP contribution >= 0.6 is 0 Å². The maximum Gasteiger partial charge on any atom is 0.101 e. The molecule has 0 aliphatic heterocycles. The van der Waals surface area contributed by atoms with Gasteiger partial charge < -0.3 is 9.13 Å². The van der Waals surface area contributed by atoms with Crippen molar-refractivity contribution in [3.63, 3.8) is 0 Å². The zero-order valence-electron chi connectivity index (χ0n) is 25.8. The first-order chi connectivity index (χ1) is 23.7. The number of fused-ring (bicyclic) bond motifs is 6. The number of hydrogen-bond donors (Lipinski definition) is 0. The van der Waals surface area contributed by atoms with E-state index in [1.807, 2.05) is 12.1 Å². The predicted molar refractivity (Wildman–Crippen MR) is 195 cm³/mol. The largest absolute Gasteiger partial charge is 0.309 e. The van der Waals surface area contributed by atoms with Crippen LogP contribution in [0.15, 0.2) is 158 Å². The number of para-hydroxylation sites is 3. The van der Waals surface area contributed by atoms with Crippen LogP contribution < -0.4 is 0 Å². The first kappa shape index (κ1) is 27.4. The van der Waals surface area contributed by atoms with E-state index in [0.29, 0.717) is 11.1 Å². The molecule has 0 amide bonds. The molecule has 0 aliphatic carbocycles. The smallest absolute Gasteiger partial charge is 0.101 e. The zero-order valence-corrected chi connectivity index (χ0v) is 25.8. The molecule has 9 aromatic rings. The minimum Gasteiger partial charge on any atom is -0.309 e. The topological polar surface area (TPSA) is 57.4 Å². The van der Waals surface area contributed by atoms with E-state index < -0.39 is 0 Å². The third kappa shape index (κ3) is 4.22. The van der Waals surface area contributed by atoms with Gasteiger partial charge >= 0.3 is 0 Å². The van der Waals surface area contributed by atoms with Gasteiger partial charge in [-0.25, -0.2) is 0 Å². The van der Waals surface area contributed by atoms with E-state index in [4.69, 9.17) is 0 Å². The van der Waals surface area contributed by atoms with Crippen LogP contribution in [-0.4, -0.2) is 9.13 Å². The summed E-state index contributed by atoms with van der Waals surface area (Å²) in [6.07, 6.45) is 0. The first-order valence-electron chi connectivity index (χ1n) is 15.9. The van der Waals surface area contributed by atoms with E-state index in [0.717, 1.165) is 49.9 Å². The van der Waals surface area contributed by atoms with Crippen molar-refractivity contribution in [2.45, 2.75) is 0 Å². The number of aromatic nitrogens is 2. The number of nitrogens with zero attached hydrogens (tertiary/aromatic N) is 4. The predicted octanol–water partition coefficient (Wildman–Crippen LogP) is 11.0. The Morgan fingerprint density at radius 2 is 0.854 bits per heavy atom. The monoisotopic (exact) mass is 610 g/mol. The molecule has 222 valence electrons. The molecule has 2 heterocycles. The van der Waals surface area contributed by atoms with Gasteiger partial charge in [0.25, 0.3) is 0 Å². The number of hydrogen-bond acceptors (Lipinski definition) is 2. The molecule has 0 radical (unpaired) electrons. The van der Waals surface area contributed by atoms with Gasteiger partial charge in [-0.05, 0) is 82.9 Å². The molecular weight excluding hydrogens is 585 g/mol. The maximum absolute atomic E-state index is 9.73. The highest BCUT2D eigenvalue weighted by Gasteiger charge is 2.16. The Kier molecular flexibility index (Phi) is 6.22. The normalized spacial score (nSPS) is 11.3. The minimum absolute atomic E-state index is 0.371. The molecule has 7 aromatic carbocycles. The van der Waals surface area contributed by atoms with Gasteiger partial charge in [-0.15, -0.1) is 0 Å². The second kappa shape index (κ2) is 10.9. The van der Waals surface area contributed by atoms with E-state index >= 15 is 0 Å². The first-order valence-corrected chi connectivity index (χ1v) is 15.9. The van der Waals surface area contributed by atoms with Crippen LogP contribution in [0.3, 0.4) is 0 Å². The van der Waals surface area contributed by atoms with Crippen molar-refractivity contribution >= 4 is 43.6 Å². The van der Waals surface area contributed by atoms with Gasteiger partial charge in [-0.2, -0.15) is 10.5 Å². The van der Waals surface area contributed by atoms with Crippen LogP contribution in [0.1, 0.15) is 11.1 Å². The molecule has 2 aromatic heterocycles. The summed E-state index contributed by atoms with van der Waals surface area (Å²) < 4.78 is 4.53. The fraction of sp³-hybridized carbons (Fsp3) is 0. The molecular formula is C44H26N4. The highest BCUT2D eigenvalue weighted by Crippen LogP contribution is 2.37. The Balaban J connectivity index is 1.14. The fourth-order valence-electron chi connectivity index (χ4n) is 7.15. The minimum atomic E-state index is 0.371. The zero-order chi connectivity index (χ0) is 32.2. The Morgan fingerprint density at radius 3 is 1.54 bits per heavy atom. The lowest BCUT2D eigenvalue weighted by atomic mass is 9.98. The molecule has 0 spiro atoms. The van der Waals surface area contributed by atoms with E-state index in [1.165, 1.54) is 27.4 Å². The molecule has 0 bridgehead atoms. The highest BCUT2D eigenvalue weighted by molar-refractivity contribution is 6.11. The lowest BCUT2D eigenvalue weighted by Crippen LogP contribution is -1.96. The Bertz CT molecular complexity index is 2790. The lowest BCUT2D eigenvalue weighted by Gasteiger charge is -2.10. The number of nitriles is 2. The lowest BCUT2D eigenvalue weighted by molar-refractivity contribution is 1.17. The summed E-state index contributed by atoms with van der Waals surface area (Å²) in [5.41, 5.74) is 11.8. The quantitative estimate of drug-likeness (QED) is 0.199. The molecule has 48 heavy (non-hydrogen) atoms. The van der Waals surface area contributed by atoms with E-state index in [9.17, 15) is 10.5 Å². The molecule has 0 fully saturated rings. The molecule has 0 aliphatic rings. The number of rotatable bonds is 4. The van der Waals surface area contributed by atoms with Crippen LogP contribution in [0.4, 0.5) is 0 Å². The van der Waals surface area contributed by atoms with Crippen LogP contribution in [0.5, 0.6) is 0 Å². The van der Waals surface area contributed by atoms with Crippen molar-refractivity contribution in [2.24, 2.45) is 0 Å². The summed E-state index contributed by atoms with van der Waals surface area (Å²) in [7, 11) is 0. The molecule has 0 saturated heterocycles. The molecule has 4 nitrogen and oxygen atoms in total. The fourth-order valence-corrected chi connectivity index (χ4v) is 7.15. The van der Waals surface area contributed by atoms with Crippen LogP contribution in [0.2, 0.25) is 0 Å². The third-order valence-corrected chi connectivity index (χ3v) is 9.41. The van der Waals surface area contributed by atoms with Crippen molar-refractivity contribution < 1.29 is 0 Å². The van der Waals surface area contributed by atoms with Gasteiger partial charge in [0.2, 0.25) is 0 Å². The van der Waals surface area contributed by atoms with E-state index in [2.05, 4.69) is 155 Å². The second-order valence-electron chi connectivity index (χ2n) is 12.0.